The number of nitriles is 1. The number of nitrogens with zero attached hydrogens (tertiary/aromatic N) is 3. The van der Waals surface area contributed by atoms with Crippen molar-refractivity contribution in [3.63, 3.8) is 0 Å². The van der Waals surface area contributed by atoms with Gasteiger partial charge in [0.2, 0.25) is 0 Å². The van der Waals surface area contributed by atoms with Crippen molar-refractivity contribution in [1.82, 2.24) is 14.5 Å². The van der Waals surface area contributed by atoms with E-state index >= 15 is 0 Å². The minimum Gasteiger partial charge on any atom is -0.495 e. The van der Waals surface area contributed by atoms with Crippen LogP contribution < -0.4 is 4.74 Å². The maximum Gasteiger partial charge on any atom is 0.146 e. The third kappa shape index (κ3) is 2.96. The number of hydrogen-bond acceptors (Lipinski definition) is 3. The van der Waals surface area contributed by atoms with E-state index in [1.165, 1.54) is 0 Å². The van der Waals surface area contributed by atoms with E-state index in [1.54, 1.807) is 13.2 Å². The zero-order valence-electron chi connectivity index (χ0n) is 16.8. The number of nitrogens with one attached hydrogen (secondary N) is 1. The topological polar surface area (TPSA) is 66.6 Å². The molecule has 0 radical (unpaired) electrons. The molecule has 0 aliphatic carbocycles. The SMILES string of the molecule is COc1c(C#N)ccc2[nH]c(-c3cn4c(n3)[C@H](c3ccccc3Cl)C[C@@H](C)C4)cc12. The minimum absolute atomic E-state index is 0.167. The van der Waals surface area contributed by atoms with Crippen LogP contribution in [-0.2, 0) is 6.54 Å². The quantitative estimate of drug-likeness (QED) is 0.463. The lowest BCUT2D eigenvalue weighted by Crippen LogP contribution is -2.23. The van der Waals surface area contributed by atoms with Crippen molar-refractivity contribution in [3.8, 4) is 23.2 Å². The van der Waals surface area contributed by atoms with E-state index in [-0.39, 0.29) is 5.92 Å². The molecule has 0 saturated heterocycles. The van der Waals surface area contributed by atoms with E-state index < -0.39 is 0 Å². The predicted molar refractivity (Wildman–Crippen MR) is 118 cm³/mol. The molecule has 2 atom stereocenters. The normalized spacial score (nSPS) is 18.2. The molecule has 3 heterocycles. The number of aromatic nitrogens is 3. The second-order valence-electron chi connectivity index (χ2n) is 7.95. The fourth-order valence-electron chi connectivity index (χ4n) is 4.55. The molecule has 0 spiro atoms. The maximum atomic E-state index is 9.36. The van der Waals surface area contributed by atoms with Crippen molar-refractivity contribution in [2.75, 3.05) is 7.11 Å². The number of hydrogen-bond donors (Lipinski definition) is 1. The van der Waals surface area contributed by atoms with Crippen molar-refractivity contribution < 1.29 is 4.74 Å². The van der Waals surface area contributed by atoms with Gasteiger partial charge in [-0.15, -0.1) is 0 Å². The Hall–Kier alpha value is -3.23. The first kappa shape index (κ1) is 18.8. The first-order valence-electron chi connectivity index (χ1n) is 10.0. The van der Waals surface area contributed by atoms with Crippen molar-refractivity contribution in [3.05, 3.63) is 70.6 Å². The van der Waals surface area contributed by atoms with Crippen LogP contribution in [0.25, 0.3) is 22.3 Å². The number of benzene rings is 2. The fourth-order valence-corrected chi connectivity index (χ4v) is 4.82. The highest BCUT2D eigenvalue weighted by Crippen LogP contribution is 2.40. The third-order valence-electron chi connectivity index (χ3n) is 5.90. The Morgan fingerprint density at radius 3 is 2.87 bits per heavy atom. The van der Waals surface area contributed by atoms with Gasteiger partial charge in [-0.2, -0.15) is 5.26 Å². The average Bonchev–Trinajstić information content (AvgIpc) is 3.36. The largest absolute Gasteiger partial charge is 0.495 e. The van der Waals surface area contributed by atoms with Gasteiger partial charge in [-0.3, -0.25) is 0 Å². The summed E-state index contributed by atoms with van der Waals surface area (Å²) in [6, 6.07) is 15.9. The fraction of sp³-hybridized carbons (Fsp3) is 0.250. The molecule has 0 fully saturated rings. The summed E-state index contributed by atoms with van der Waals surface area (Å²) >= 11 is 6.53. The Morgan fingerprint density at radius 1 is 1.27 bits per heavy atom. The molecule has 0 saturated carbocycles. The van der Waals surface area contributed by atoms with Gasteiger partial charge in [-0.25, -0.2) is 4.98 Å². The maximum absolute atomic E-state index is 9.36. The number of halogens is 1. The van der Waals surface area contributed by atoms with Crippen molar-refractivity contribution in [2.24, 2.45) is 5.92 Å². The van der Waals surface area contributed by atoms with Crippen LogP contribution in [0.3, 0.4) is 0 Å². The smallest absolute Gasteiger partial charge is 0.146 e. The van der Waals surface area contributed by atoms with Gasteiger partial charge in [0.25, 0.3) is 0 Å². The summed E-state index contributed by atoms with van der Waals surface area (Å²) in [6.45, 7) is 3.20. The van der Waals surface area contributed by atoms with Crippen LogP contribution in [0.5, 0.6) is 5.75 Å². The van der Waals surface area contributed by atoms with E-state index in [9.17, 15) is 5.26 Å². The van der Waals surface area contributed by atoms with E-state index in [0.717, 1.165) is 51.7 Å². The lowest BCUT2D eigenvalue weighted by atomic mass is 9.86. The second-order valence-corrected chi connectivity index (χ2v) is 8.36. The summed E-state index contributed by atoms with van der Waals surface area (Å²) in [5, 5.41) is 11.0. The molecule has 0 amide bonds. The van der Waals surface area contributed by atoms with Gasteiger partial charge in [0, 0.05) is 34.6 Å². The minimum atomic E-state index is 0.167. The van der Waals surface area contributed by atoms with Crippen LogP contribution in [0.1, 0.15) is 36.2 Å². The number of H-pyrrole nitrogens is 1. The summed E-state index contributed by atoms with van der Waals surface area (Å²) in [4.78, 5) is 8.45. The molecule has 30 heavy (non-hydrogen) atoms. The second kappa shape index (κ2) is 7.23. The highest BCUT2D eigenvalue weighted by Gasteiger charge is 2.30. The molecule has 2 aromatic heterocycles. The van der Waals surface area contributed by atoms with E-state index in [4.69, 9.17) is 21.3 Å². The number of methoxy groups -OCH3 is 1. The molecule has 150 valence electrons. The van der Waals surface area contributed by atoms with Gasteiger partial charge < -0.3 is 14.3 Å². The molecule has 2 aromatic carbocycles. The summed E-state index contributed by atoms with van der Waals surface area (Å²) < 4.78 is 7.75. The number of fused-ring (bicyclic) bond motifs is 2. The first-order chi connectivity index (χ1) is 14.6. The molecule has 0 bridgehead atoms. The van der Waals surface area contributed by atoms with E-state index in [1.807, 2.05) is 30.3 Å². The molecule has 6 heteroatoms. The van der Waals surface area contributed by atoms with Gasteiger partial charge in [0.15, 0.2) is 0 Å². The number of rotatable bonds is 3. The Labute approximate surface area is 179 Å². The Balaban J connectivity index is 1.62. The molecule has 0 unspecified atom stereocenters. The standard InChI is InChI=1S/C24H21ClN4O/c1-14-9-17(16-5-3-4-6-19(16)25)24-28-22(13-29(24)12-14)21-10-18-20(27-21)8-7-15(11-26)23(18)30-2/h3-8,10,13-14,17,27H,9,12H2,1-2H3/t14-,17+/m1/s1. The highest BCUT2D eigenvalue weighted by molar-refractivity contribution is 6.31. The van der Waals surface area contributed by atoms with Gasteiger partial charge in [0.1, 0.15) is 23.3 Å². The third-order valence-corrected chi connectivity index (χ3v) is 6.24. The zero-order valence-corrected chi connectivity index (χ0v) is 17.6. The van der Waals surface area contributed by atoms with Gasteiger partial charge in [0.05, 0.1) is 18.4 Å². The van der Waals surface area contributed by atoms with Crippen LogP contribution in [0.4, 0.5) is 0 Å². The van der Waals surface area contributed by atoms with Crippen molar-refractivity contribution in [2.45, 2.75) is 25.8 Å². The zero-order chi connectivity index (χ0) is 20.8. The van der Waals surface area contributed by atoms with E-state index in [2.05, 4.69) is 34.8 Å². The van der Waals surface area contributed by atoms with Crippen LogP contribution in [-0.4, -0.2) is 21.6 Å². The lowest BCUT2D eigenvalue weighted by molar-refractivity contribution is 0.365. The van der Waals surface area contributed by atoms with Gasteiger partial charge in [-0.05, 0) is 42.2 Å². The summed E-state index contributed by atoms with van der Waals surface area (Å²) in [5.41, 5.74) is 4.36. The molecular weight excluding hydrogens is 396 g/mol. The van der Waals surface area contributed by atoms with Gasteiger partial charge >= 0.3 is 0 Å². The molecule has 5 rings (SSSR count). The summed E-state index contributed by atoms with van der Waals surface area (Å²) in [7, 11) is 1.59. The van der Waals surface area contributed by atoms with Crippen LogP contribution >= 0.6 is 11.6 Å². The van der Waals surface area contributed by atoms with Gasteiger partial charge in [-0.1, -0.05) is 36.7 Å². The van der Waals surface area contributed by atoms with Crippen molar-refractivity contribution in [1.29, 1.82) is 5.26 Å². The first-order valence-corrected chi connectivity index (χ1v) is 10.4. The number of aromatic amines is 1. The van der Waals surface area contributed by atoms with Crippen LogP contribution in [0.2, 0.25) is 5.02 Å². The van der Waals surface area contributed by atoms with E-state index in [0.29, 0.717) is 17.2 Å². The molecule has 5 nitrogen and oxygen atoms in total. The Bertz CT molecular complexity index is 1300. The highest BCUT2D eigenvalue weighted by atomic mass is 35.5. The molecule has 1 aliphatic rings. The van der Waals surface area contributed by atoms with Crippen LogP contribution in [0.15, 0.2) is 48.7 Å². The summed E-state index contributed by atoms with van der Waals surface area (Å²) in [6.07, 6.45) is 3.13. The Kier molecular flexibility index (Phi) is 4.52. The number of ether oxygens (including phenoxy) is 1. The molecule has 1 aliphatic heterocycles. The van der Waals surface area contributed by atoms with Crippen molar-refractivity contribution >= 4 is 22.5 Å². The van der Waals surface area contributed by atoms with Crippen LogP contribution in [0, 0.1) is 17.2 Å². The Morgan fingerprint density at radius 2 is 2.10 bits per heavy atom. The molecular formula is C24H21ClN4O. The predicted octanol–water partition coefficient (Wildman–Crippen LogP) is 5.74. The monoisotopic (exact) mass is 416 g/mol. The lowest BCUT2D eigenvalue weighted by Gasteiger charge is -2.28. The molecule has 4 aromatic rings. The summed E-state index contributed by atoms with van der Waals surface area (Å²) in [5.74, 6) is 2.32. The number of imidazole rings is 1. The average molecular weight is 417 g/mol. The molecule has 1 N–H and O–H groups in total.